The van der Waals surface area contributed by atoms with Gasteiger partial charge in [-0.1, -0.05) is 0 Å². The molecule has 0 saturated carbocycles. The van der Waals surface area contributed by atoms with Crippen molar-refractivity contribution in [1.82, 2.24) is 24.6 Å². The maximum Gasteiger partial charge on any atom is 0.263 e. The van der Waals surface area contributed by atoms with Gasteiger partial charge in [-0.15, -0.1) is 0 Å². The quantitative estimate of drug-likeness (QED) is 0.900. The van der Waals surface area contributed by atoms with Crippen LogP contribution in [0.3, 0.4) is 0 Å². The fourth-order valence-electron chi connectivity index (χ4n) is 2.90. The van der Waals surface area contributed by atoms with Crippen molar-refractivity contribution in [3.63, 3.8) is 0 Å². The lowest BCUT2D eigenvalue weighted by atomic mass is 10.1. The summed E-state index contributed by atoms with van der Waals surface area (Å²) in [5.74, 6) is 0.691. The van der Waals surface area contributed by atoms with Crippen LogP contribution < -0.4 is 10.5 Å². The lowest BCUT2D eigenvalue weighted by molar-refractivity contribution is -0.127. The number of fused-ring (bicyclic) bond motifs is 1. The second-order valence-corrected chi connectivity index (χ2v) is 7.26. The maximum absolute atomic E-state index is 12.3. The van der Waals surface area contributed by atoms with Crippen molar-refractivity contribution in [2.75, 3.05) is 31.6 Å². The van der Waals surface area contributed by atoms with E-state index in [1.165, 1.54) is 0 Å². The molecule has 1 aliphatic rings. The number of aromatic nitrogens is 4. The van der Waals surface area contributed by atoms with Gasteiger partial charge in [-0.25, -0.2) is 4.68 Å². The van der Waals surface area contributed by atoms with Crippen LogP contribution in [0.1, 0.15) is 33.6 Å². The Balaban J connectivity index is 1.86. The monoisotopic (exact) mass is 332 g/mol. The average Bonchev–Trinajstić information content (AvgIpc) is 3.10. The van der Waals surface area contributed by atoms with Gasteiger partial charge in [0.15, 0.2) is 5.65 Å². The highest BCUT2D eigenvalue weighted by molar-refractivity contribution is 5.78. The van der Waals surface area contributed by atoms with Crippen LogP contribution in [0.4, 0.5) is 5.95 Å². The summed E-state index contributed by atoms with van der Waals surface area (Å²) in [5, 5.41) is 4.79. The van der Waals surface area contributed by atoms with E-state index in [1.807, 2.05) is 37.6 Å². The number of carbonyl (C=O) groups is 1. The molecule has 3 heterocycles. The molecule has 1 fully saturated rings. The highest BCUT2D eigenvalue weighted by Gasteiger charge is 2.22. The van der Waals surface area contributed by atoms with Crippen LogP contribution in [0.2, 0.25) is 0 Å². The molecule has 0 aromatic carbocycles. The summed E-state index contributed by atoms with van der Waals surface area (Å²) in [6.45, 7) is 8.12. The molecule has 2 aromatic rings. The standard InChI is InChI=1S/C16H24N6O2/c1-16(2,3)22-13-11(10-17-22)14(24)19-15(18-13)20(4)8-9-21-7-5-6-12(21)23/h10H,5-9H2,1-4H3,(H,18,19,24). The first kappa shape index (κ1) is 16.5. The zero-order valence-corrected chi connectivity index (χ0v) is 14.7. The van der Waals surface area contributed by atoms with E-state index in [0.717, 1.165) is 13.0 Å². The smallest absolute Gasteiger partial charge is 0.263 e. The van der Waals surface area contributed by atoms with E-state index >= 15 is 0 Å². The number of rotatable bonds is 4. The molecule has 1 N–H and O–H groups in total. The molecular formula is C16H24N6O2. The third-order valence-corrected chi connectivity index (χ3v) is 4.30. The van der Waals surface area contributed by atoms with Gasteiger partial charge in [-0.3, -0.25) is 14.6 Å². The molecule has 1 saturated heterocycles. The first-order valence-electron chi connectivity index (χ1n) is 8.25. The largest absolute Gasteiger partial charge is 0.344 e. The molecule has 0 radical (unpaired) electrons. The lowest BCUT2D eigenvalue weighted by Crippen LogP contribution is -2.35. The minimum absolute atomic E-state index is 0.199. The number of hydrogen-bond acceptors (Lipinski definition) is 5. The molecule has 2 aromatic heterocycles. The van der Waals surface area contributed by atoms with Crippen molar-refractivity contribution >= 4 is 22.9 Å². The molecule has 0 atom stereocenters. The van der Waals surface area contributed by atoms with Crippen molar-refractivity contribution < 1.29 is 4.79 Å². The van der Waals surface area contributed by atoms with Crippen LogP contribution >= 0.6 is 0 Å². The second-order valence-electron chi connectivity index (χ2n) is 7.26. The van der Waals surface area contributed by atoms with E-state index in [0.29, 0.717) is 36.5 Å². The summed E-state index contributed by atoms with van der Waals surface area (Å²) in [4.78, 5) is 35.1. The fraction of sp³-hybridized carbons (Fsp3) is 0.625. The Morgan fingerprint density at radius 2 is 2.08 bits per heavy atom. The summed E-state index contributed by atoms with van der Waals surface area (Å²) in [7, 11) is 1.86. The van der Waals surface area contributed by atoms with Crippen molar-refractivity contribution in [2.45, 2.75) is 39.2 Å². The molecule has 1 aliphatic heterocycles. The number of anilines is 1. The summed E-state index contributed by atoms with van der Waals surface area (Å²) < 4.78 is 1.76. The molecule has 130 valence electrons. The first-order valence-corrected chi connectivity index (χ1v) is 8.25. The number of hydrogen-bond donors (Lipinski definition) is 1. The third-order valence-electron chi connectivity index (χ3n) is 4.30. The van der Waals surface area contributed by atoms with Gasteiger partial charge in [0, 0.05) is 33.1 Å². The Bertz CT molecular complexity index is 816. The zero-order chi connectivity index (χ0) is 17.5. The Morgan fingerprint density at radius 3 is 2.71 bits per heavy atom. The summed E-state index contributed by atoms with van der Waals surface area (Å²) >= 11 is 0. The molecule has 8 heteroatoms. The van der Waals surface area contributed by atoms with E-state index in [9.17, 15) is 9.59 Å². The van der Waals surface area contributed by atoms with Crippen LogP contribution in [0, 0.1) is 0 Å². The van der Waals surface area contributed by atoms with Crippen LogP contribution in [0.15, 0.2) is 11.0 Å². The molecule has 0 aliphatic carbocycles. The van der Waals surface area contributed by atoms with E-state index in [-0.39, 0.29) is 17.0 Å². The number of carbonyl (C=O) groups excluding carboxylic acids is 1. The topological polar surface area (TPSA) is 87.1 Å². The molecule has 0 bridgehead atoms. The summed E-state index contributed by atoms with van der Waals surface area (Å²) in [5.41, 5.74) is 0.111. The Kier molecular flexibility index (Phi) is 4.06. The van der Waals surface area contributed by atoms with Gasteiger partial charge in [0.2, 0.25) is 11.9 Å². The van der Waals surface area contributed by atoms with E-state index < -0.39 is 0 Å². The Labute approximate surface area is 140 Å². The van der Waals surface area contributed by atoms with Gasteiger partial charge < -0.3 is 9.80 Å². The van der Waals surface area contributed by atoms with E-state index in [1.54, 1.807) is 10.9 Å². The van der Waals surface area contributed by atoms with Gasteiger partial charge in [-0.2, -0.15) is 10.1 Å². The Hall–Kier alpha value is -2.38. The maximum atomic E-state index is 12.3. The van der Waals surface area contributed by atoms with Gasteiger partial charge in [0.1, 0.15) is 5.39 Å². The van der Waals surface area contributed by atoms with Crippen molar-refractivity contribution in [3.8, 4) is 0 Å². The molecule has 0 unspecified atom stereocenters. The number of nitrogens with one attached hydrogen (secondary N) is 1. The highest BCUT2D eigenvalue weighted by Crippen LogP contribution is 2.19. The number of likely N-dealkylation sites (tertiary alicyclic amines) is 1. The minimum Gasteiger partial charge on any atom is -0.344 e. The van der Waals surface area contributed by atoms with Crippen LogP contribution in [0.25, 0.3) is 11.0 Å². The predicted molar refractivity (Wildman–Crippen MR) is 92.2 cm³/mol. The number of nitrogens with zero attached hydrogens (tertiary/aromatic N) is 5. The van der Waals surface area contributed by atoms with E-state index in [4.69, 9.17) is 0 Å². The van der Waals surface area contributed by atoms with Crippen molar-refractivity contribution in [1.29, 1.82) is 0 Å². The van der Waals surface area contributed by atoms with Gasteiger partial charge in [-0.05, 0) is 27.2 Å². The molecule has 24 heavy (non-hydrogen) atoms. The van der Waals surface area contributed by atoms with Crippen molar-refractivity contribution in [2.24, 2.45) is 0 Å². The van der Waals surface area contributed by atoms with Crippen LogP contribution in [-0.4, -0.2) is 57.2 Å². The number of amides is 1. The molecule has 0 spiro atoms. The summed E-state index contributed by atoms with van der Waals surface area (Å²) in [6.07, 6.45) is 3.11. The average molecular weight is 332 g/mol. The lowest BCUT2D eigenvalue weighted by Gasteiger charge is -2.23. The van der Waals surface area contributed by atoms with Crippen LogP contribution in [0.5, 0.6) is 0 Å². The number of aromatic amines is 1. The third kappa shape index (κ3) is 3.00. The molecular weight excluding hydrogens is 308 g/mol. The fourth-order valence-corrected chi connectivity index (χ4v) is 2.90. The highest BCUT2D eigenvalue weighted by atomic mass is 16.2. The SMILES string of the molecule is CN(CCN1CCCC1=O)c1nc2c(cnn2C(C)(C)C)c(=O)[nH]1. The first-order chi connectivity index (χ1) is 11.3. The number of H-pyrrole nitrogens is 1. The van der Waals surface area contributed by atoms with Crippen molar-refractivity contribution in [3.05, 3.63) is 16.6 Å². The summed E-state index contributed by atoms with van der Waals surface area (Å²) in [6, 6.07) is 0. The van der Waals surface area contributed by atoms with Gasteiger partial charge in [0.05, 0.1) is 11.7 Å². The zero-order valence-electron chi connectivity index (χ0n) is 14.7. The normalized spacial score (nSPS) is 15.5. The number of likely N-dealkylation sites (N-methyl/N-ethyl adjacent to an activating group) is 1. The van der Waals surface area contributed by atoms with E-state index in [2.05, 4.69) is 15.1 Å². The minimum atomic E-state index is -0.264. The molecule has 8 nitrogen and oxygen atoms in total. The molecule has 3 rings (SSSR count). The molecule has 1 amide bonds. The Morgan fingerprint density at radius 1 is 1.33 bits per heavy atom. The predicted octanol–water partition coefficient (Wildman–Crippen LogP) is 0.933. The van der Waals surface area contributed by atoms with Gasteiger partial charge >= 0.3 is 0 Å². The van der Waals surface area contributed by atoms with Crippen LogP contribution in [-0.2, 0) is 10.3 Å². The van der Waals surface area contributed by atoms with Gasteiger partial charge in [0.25, 0.3) is 5.56 Å². The second kappa shape index (κ2) is 5.92.